The number of hydrogen-bond donors (Lipinski definition) is 1. The van der Waals surface area contributed by atoms with E-state index in [-0.39, 0.29) is 12.2 Å². The summed E-state index contributed by atoms with van der Waals surface area (Å²) >= 11 is 0. The summed E-state index contributed by atoms with van der Waals surface area (Å²) in [6.07, 6.45) is 0.747. The maximum Gasteiger partial charge on any atom is 0.335 e. The van der Waals surface area contributed by atoms with Crippen molar-refractivity contribution in [3.05, 3.63) is 0 Å². The highest BCUT2D eigenvalue weighted by atomic mass is 16.6. The Hall–Kier alpha value is -0.610. The molecule has 1 aliphatic rings. The Morgan fingerprint density at radius 3 is 2.77 bits per heavy atom. The minimum Gasteiger partial charge on any atom is -0.458 e. The molecule has 1 saturated heterocycles. The highest BCUT2D eigenvalue weighted by Crippen LogP contribution is 2.15. The molecule has 1 heterocycles. The van der Waals surface area contributed by atoms with Crippen molar-refractivity contribution in [2.24, 2.45) is 0 Å². The van der Waals surface area contributed by atoms with Crippen LogP contribution in [0.1, 0.15) is 26.7 Å². The summed E-state index contributed by atoms with van der Waals surface area (Å²) in [5.41, 5.74) is 0. The monoisotopic (exact) mass is 188 g/mol. The molecule has 4 nitrogen and oxygen atoms in total. The molecule has 76 valence electrons. The van der Waals surface area contributed by atoms with Gasteiger partial charge in [-0.3, -0.25) is 0 Å². The van der Waals surface area contributed by atoms with Crippen molar-refractivity contribution in [1.82, 2.24) is 0 Å². The van der Waals surface area contributed by atoms with Crippen molar-refractivity contribution in [1.29, 1.82) is 0 Å². The topological polar surface area (TPSA) is 55.8 Å². The van der Waals surface area contributed by atoms with Crippen LogP contribution in [0, 0.1) is 0 Å². The second-order valence-corrected chi connectivity index (χ2v) is 3.46. The van der Waals surface area contributed by atoms with Crippen molar-refractivity contribution < 1.29 is 19.4 Å². The zero-order chi connectivity index (χ0) is 9.84. The number of rotatable bonds is 2. The van der Waals surface area contributed by atoms with Gasteiger partial charge in [-0.1, -0.05) is 0 Å². The fourth-order valence-corrected chi connectivity index (χ4v) is 1.21. The zero-order valence-electron chi connectivity index (χ0n) is 8.03. The Balaban J connectivity index is 2.26. The van der Waals surface area contributed by atoms with Crippen molar-refractivity contribution in [3.8, 4) is 0 Å². The van der Waals surface area contributed by atoms with E-state index < -0.39 is 12.1 Å². The van der Waals surface area contributed by atoms with E-state index in [0.717, 1.165) is 12.8 Å². The molecule has 1 N–H and O–H groups in total. The van der Waals surface area contributed by atoms with Crippen LogP contribution in [0.15, 0.2) is 0 Å². The number of carbonyl (C=O) groups is 1. The van der Waals surface area contributed by atoms with Crippen molar-refractivity contribution >= 4 is 5.97 Å². The van der Waals surface area contributed by atoms with Crippen LogP contribution in [0.3, 0.4) is 0 Å². The molecule has 1 aliphatic heterocycles. The van der Waals surface area contributed by atoms with Gasteiger partial charge in [0.2, 0.25) is 0 Å². The largest absolute Gasteiger partial charge is 0.458 e. The molecule has 2 unspecified atom stereocenters. The Bertz CT molecular complexity index is 170. The highest BCUT2D eigenvalue weighted by Gasteiger charge is 2.23. The SMILES string of the molecule is CC1CCC(OC(=O)[C@@H](C)O)CO1. The van der Waals surface area contributed by atoms with Gasteiger partial charge in [-0.05, 0) is 26.7 Å². The standard InChI is InChI=1S/C9H16O4/c1-6-3-4-8(5-12-6)13-9(11)7(2)10/h6-8,10H,3-5H2,1-2H3/t6?,7-,8?/m1/s1. The molecular formula is C9H16O4. The Morgan fingerprint density at radius 1 is 1.62 bits per heavy atom. The molecule has 0 saturated carbocycles. The van der Waals surface area contributed by atoms with E-state index in [1.807, 2.05) is 6.92 Å². The maximum atomic E-state index is 11.0. The van der Waals surface area contributed by atoms with Crippen LogP contribution in [-0.2, 0) is 14.3 Å². The average Bonchev–Trinajstić information content (AvgIpc) is 2.08. The fourth-order valence-electron chi connectivity index (χ4n) is 1.21. The van der Waals surface area contributed by atoms with Gasteiger partial charge in [0.1, 0.15) is 12.2 Å². The molecular weight excluding hydrogens is 172 g/mol. The van der Waals surface area contributed by atoms with E-state index >= 15 is 0 Å². The molecule has 1 fully saturated rings. The van der Waals surface area contributed by atoms with Gasteiger partial charge in [0.15, 0.2) is 0 Å². The number of ether oxygens (including phenoxy) is 2. The van der Waals surface area contributed by atoms with Gasteiger partial charge in [-0.2, -0.15) is 0 Å². The molecule has 0 aromatic rings. The summed E-state index contributed by atoms with van der Waals surface area (Å²) in [4.78, 5) is 11.0. The highest BCUT2D eigenvalue weighted by molar-refractivity contribution is 5.73. The number of carbonyl (C=O) groups excluding carboxylic acids is 1. The van der Waals surface area contributed by atoms with Crippen LogP contribution in [0.25, 0.3) is 0 Å². The Labute approximate surface area is 77.8 Å². The molecule has 4 heteroatoms. The van der Waals surface area contributed by atoms with E-state index in [1.165, 1.54) is 6.92 Å². The fraction of sp³-hybridized carbons (Fsp3) is 0.889. The first kappa shape index (κ1) is 10.5. The van der Waals surface area contributed by atoms with Gasteiger partial charge < -0.3 is 14.6 Å². The van der Waals surface area contributed by atoms with Gasteiger partial charge in [-0.15, -0.1) is 0 Å². The van der Waals surface area contributed by atoms with Crippen LogP contribution in [-0.4, -0.2) is 36.0 Å². The first-order valence-electron chi connectivity index (χ1n) is 4.59. The van der Waals surface area contributed by atoms with E-state index in [1.54, 1.807) is 0 Å². The lowest BCUT2D eigenvalue weighted by molar-refractivity contribution is -0.166. The number of hydrogen-bond acceptors (Lipinski definition) is 4. The smallest absolute Gasteiger partial charge is 0.335 e. The molecule has 0 radical (unpaired) electrons. The molecule has 0 spiro atoms. The molecule has 13 heavy (non-hydrogen) atoms. The first-order valence-corrected chi connectivity index (χ1v) is 4.59. The lowest BCUT2D eigenvalue weighted by Crippen LogP contribution is -2.34. The number of aliphatic hydroxyl groups is 1. The van der Waals surface area contributed by atoms with E-state index in [9.17, 15) is 4.79 Å². The molecule has 1 rings (SSSR count). The van der Waals surface area contributed by atoms with Crippen LogP contribution >= 0.6 is 0 Å². The molecule has 0 amide bonds. The third kappa shape index (κ3) is 3.32. The van der Waals surface area contributed by atoms with Gasteiger partial charge in [-0.25, -0.2) is 4.79 Å². The predicted octanol–water partition coefficient (Wildman–Crippen LogP) is 0.478. The molecule has 0 bridgehead atoms. The van der Waals surface area contributed by atoms with Crippen molar-refractivity contribution in [3.63, 3.8) is 0 Å². The Morgan fingerprint density at radius 2 is 2.31 bits per heavy atom. The number of aliphatic hydroxyl groups excluding tert-OH is 1. The summed E-state index contributed by atoms with van der Waals surface area (Å²) in [7, 11) is 0. The molecule has 3 atom stereocenters. The van der Waals surface area contributed by atoms with Gasteiger partial charge in [0, 0.05) is 0 Å². The van der Waals surface area contributed by atoms with Crippen LogP contribution in [0.2, 0.25) is 0 Å². The van der Waals surface area contributed by atoms with Gasteiger partial charge in [0.05, 0.1) is 12.7 Å². The summed E-state index contributed by atoms with van der Waals surface area (Å²) in [5.74, 6) is -0.567. The van der Waals surface area contributed by atoms with Crippen molar-refractivity contribution in [2.75, 3.05) is 6.61 Å². The third-order valence-corrected chi connectivity index (χ3v) is 2.09. The van der Waals surface area contributed by atoms with E-state index in [0.29, 0.717) is 6.61 Å². The van der Waals surface area contributed by atoms with E-state index in [4.69, 9.17) is 14.6 Å². The second kappa shape index (κ2) is 4.58. The third-order valence-electron chi connectivity index (χ3n) is 2.09. The normalized spacial score (nSPS) is 31.0. The summed E-state index contributed by atoms with van der Waals surface area (Å²) < 4.78 is 10.3. The molecule has 0 aromatic heterocycles. The van der Waals surface area contributed by atoms with Crippen LogP contribution in [0.4, 0.5) is 0 Å². The number of esters is 1. The lowest BCUT2D eigenvalue weighted by atomic mass is 10.1. The van der Waals surface area contributed by atoms with Crippen LogP contribution < -0.4 is 0 Å². The summed E-state index contributed by atoms with van der Waals surface area (Å²) in [5, 5.41) is 8.89. The first-order chi connectivity index (χ1) is 6.09. The van der Waals surface area contributed by atoms with Crippen LogP contribution in [0.5, 0.6) is 0 Å². The molecule has 0 aliphatic carbocycles. The Kier molecular flexibility index (Phi) is 3.69. The maximum absolute atomic E-state index is 11.0. The summed E-state index contributed by atoms with van der Waals surface area (Å²) in [6, 6.07) is 0. The summed E-state index contributed by atoms with van der Waals surface area (Å²) in [6.45, 7) is 3.83. The predicted molar refractivity (Wildman–Crippen MR) is 46.2 cm³/mol. The van der Waals surface area contributed by atoms with E-state index in [2.05, 4.69) is 0 Å². The second-order valence-electron chi connectivity index (χ2n) is 3.46. The minimum absolute atomic E-state index is 0.182. The van der Waals surface area contributed by atoms with Gasteiger partial charge in [0.25, 0.3) is 0 Å². The quantitative estimate of drug-likeness (QED) is 0.640. The van der Waals surface area contributed by atoms with Gasteiger partial charge >= 0.3 is 5.97 Å². The zero-order valence-corrected chi connectivity index (χ0v) is 8.03. The van der Waals surface area contributed by atoms with Crippen molar-refractivity contribution in [2.45, 2.75) is 45.0 Å². The average molecular weight is 188 g/mol. The molecule has 0 aromatic carbocycles. The minimum atomic E-state index is -1.04. The lowest BCUT2D eigenvalue weighted by Gasteiger charge is -2.26.